The first-order chi connectivity index (χ1) is 13.6. The fourth-order valence-electron chi connectivity index (χ4n) is 2.62. The van der Waals surface area contributed by atoms with Crippen LogP contribution in [0.15, 0.2) is 41.3 Å². The lowest BCUT2D eigenvalue weighted by atomic mass is 10.0. The second kappa shape index (κ2) is 9.28. The predicted octanol–water partition coefficient (Wildman–Crippen LogP) is 3.39. The molecule has 2 aromatic rings. The number of anilines is 1. The van der Waals surface area contributed by atoms with Gasteiger partial charge in [-0.3, -0.25) is 4.79 Å². The molecule has 0 spiro atoms. The van der Waals surface area contributed by atoms with E-state index in [1.807, 2.05) is 25.1 Å². The number of amides is 1. The molecule has 0 aliphatic carbocycles. The van der Waals surface area contributed by atoms with Gasteiger partial charge in [-0.15, -0.1) is 0 Å². The topological polar surface area (TPSA) is 84.9 Å². The maximum atomic E-state index is 12.4. The molecule has 0 saturated heterocycles. The van der Waals surface area contributed by atoms with Gasteiger partial charge in [-0.2, -0.15) is 0 Å². The number of sulfonamides is 1. The van der Waals surface area contributed by atoms with E-state index in [-0.39, 0.29) is 17.2 Å². The number of benzene rings is 2. The molecule has 8 heteroatoms. The Morgan fingerprint density at radius 1 is 1.10 bits per heavy atom. The first-order valence-electron chi connectivity index (χ1n) is 9.20. The van der Waals surface area contributed by atoms with Crippen LogP contribution in [0.5, 0.6) is 11.5 Å². The lowest BCUT2D eigenvalue weighted by Crippen LogP contribution is -2.23. The number of carbonyl (C=O) groups is 1. The lowest BCUT2D eigenvalue weighted by Gasteiger charge is -2.16. The molecule has 2 aromatic carbocycles. The normalized spacial score (nSPS) is 11.6. The average molecular weight is 421 g/mol. The SMILES string of the molecule is COc1ccc(S(=O)(=O)N(C)C)cc1NC(=O)COc1cc(C(C)C)ccc1C. The Morgan fingerprint density at radius 3 is 2.38 bits per heavy atom. The number of ether oxygens (including phenoxy) is 2. The molecule has 29 heavy (non-hydrogen) atoms. The van der Waals surface area contributed by atoms with Gasteiger partial charge in [0.1, 0.15) is 11.5 Å². The van der Waals surface area contributed by atoms with Crippen LogP contribution in [0.4, 0.5) is 5.69 Å². The molecular formula is C21H28N2O5S. The van der Waals surface area contributed by atoms with Crippen molar-refractivity contribution in [3.8, 4) is 11.5 Å². The van der Waals surface area contributed by atoms with Gasteiger partial charge in [0.2, 0.25) is 10.0 Å². The van der Waals surface area contributed by atoms with Crippen molar-refractivity contribution in [1.29, 1.82) is 0 Å². The number of rotatable bonds is 8. The van der Waals surface area contributed by atoms with Crippen molar-refractivity contribution in [3.63, 3.8) is 0 Å². The van der Waals surface area contributed by atoms with E-state index in [1.165, 1.54) is 39.4 Å². The molecule has 0 heterocycles. The summed E-state index contributed by atoms with van der Waals surface area (Å²) in [4.78, 5) is 12.5. The zero-order valence-electron chi connectivity index (χ0n) is 17.6. The van der Waals surface area contributed by atoms with Crippen LogP contribution < -0.4 is 14.8 Å². The molecular weight excluding hydrogens is 392 g/mol. The van der Waals surface area contributed by atoms with Crippen molar-refractivity contribution < 1.29 is 22.7 Å². The van der Waals surface area contributed by atoms with E-state index in [9.17, 15) is 13.2 Å². The first kappa shape index (κ1) is 22.7. The number of hydrogen-bond acceptors (Lipinski definition) is 5. The average Bonchev–Trinajstić information content (AvgIpc) is 2.66. The Balaban J connectivity index is 2.17. The number of nitrogens with zero attached hydrogens (tertiary/aromatic N) is 1. The zero-order valence-corrected chi connectivity index (χ0v) is 18.5. The Morgan fingerprint density at radius 2 is 1.79 bits per heavy atom. The van der Waals surface area contributed by atoms with Crippen molar-refractivity contribution in [2.75, 3.05) is 33.1 Å². The molecule has 2 rings (SSSR count). The summed E-state index contributed by atoms with van der Waals surface area (Å²) >= 11 is 0. The molecule has 0 aliphatic rings. The van der Waals surface area contributed by atoms with E-state index in [1.54, 1.807) is 0 Å². The van der Waals surface area contributed by atoms with Crippen LogP contribution in [0.2, 0.25) is 0 Å². The fourth-order valence-corrected chi connectivity index (χ4v) is 3.55. The third-order valence-electron chi connectivity index (χ3n) is 4.46. The summed E-state index contributed by atoms with van der Waals surface area (Å²) < 4.78 is 36.7. The van der Waals surface area contributed by atoms with Crippen LogP contribution in [0.1, 0.15) is 30.9 Å². The third-order valence-corrected chi connectivity index (χ3v) is 6.27. The fraction of sp³-hybridized carbons (Fsp3) is 0.381. The summed E-state index contributed by atoms with van der Waals surface area (Å²) in [5, 5.41) is 2.67. The third kappa shape index (κ3) is 5.48. The number of carbonyl (C=O) groups excluding carboxylic acids is 1. The molecule has 0 atom stereocenters. The monoisotopic (exact) mass is 420 g/mol. The van der Waals surface area contributed by atoms with Gasteiger partial charge in [0.15, 0.2) is 6.61 Å². The molecule has 0 bridgehead atoms. The van der Waals surface area contributed by atoms with Gasteiger partial charge in [-0.1, -0.05) is 26.0 Å². The number of methoxy groups -OCH3 is 1. The standard InChI is InChI=1S/C21H28N2O5S/c1-14(2)16-8-7-15(3)20(11-16)28-13-21(24)22-18-12-17(9-10-19(18)27-6)29(25,26)23(4)5/h7-12,14H,13H2,1-6H3,(H,22,24). The van der Waals surface area contributed by atoms with Crippen molar-refractivity contribution in [3.05, 3.63) is 47.5 Å². The summed E-state index contributed by atoms with van der Waals surface area (Å²) in [6.07, 6.45) is 0. The van der Waals surface area contributed by atoms with Gasteiger partial charge >= 0.3 is 0 Å². The van der Waals surface area contributed by atoms with Crippen molar-refractivity contribution >= 4 is 21.6 Å². The smallest absolute Gasteiger partial charge is 0.262 e. The Labute approximate surface area is 172 Å². The minimum atomic E-state index is -3.64. The Hall–Kier alpha value is -2.58. The molecule has 0 unspecified atom stereocenters. The predicted molar refractivity (Wildman–Crippen MR) is 113 cm³/mol. The van der Waals surface area contributed by atoms with Crippen molar-refractivity contribution in [2.24, 2.45) is 0 Å². The molecule has 0 aromatic heterocycles. The summed E-state index contributed by atoms with van der Waals surface area (Å²) in [5.74, 6) is 0.922. The molecule has 158 valence electrons. The van der Waals surface area contributed by atoms with Crippen LogP contribution in [0.3, 0.4) is 0 Å². The van der Waals surface area contributed by atoms with Gasteiger partial charge in [-0.25, -0.2) is 12.7 Å². The second-order valence-corrected chi connectivity index (χ2v) is 9.32. The van der Waals surface area contributed by atoms with Gasteiger partial charge in [0.05, 0.1) is 17.7 Å². The summed E-state index contributed by atoms with van der Waals surface area (Å²) in [6.45, 7) is 5.87. The van der Waals surface area contributed by atoms with Crippen LogP contribution in [0.25, 0.3) is 0 Å². The van der Waals surface area contributed by atoms with E-state index >= 15 is 0 Å². The lowest BCUT2D eigenvalue weighted by molar-refractivity contribution is -0.118. The molecule has 7 nitrogen and oxygen atoms in total. The largest absolute Gasteiger partial charge is 0.495 e. The Kier molecular flexibility index (Phi) is 7.26. The number of hydrogen-bond donors (Lipinski definition) is 1. The van der Waals surface area contributed by atoms with Crippen molar-refractivity contribution in [1.82, 2.24) is 4.31 Å². The van der Waals surface area contributed by atoms with Crippen LogP contribution in [0, 0.1) is 6.92 Å². The molecule has 0 radical (unpaired) electrons. The maximum Gasteiger partial charge on any atom is 0.262 e. The summed E-state index contributed by atoms with van der Waals surface area (Å²) in [7, 11) is 0.695. The quantitative estimate of drug-likeness (QED) is 0.708. The van der Waals surface area contributed by atoms with E-state index in [4.69, 9.17) is 9.47 Å². The molecule has 0 aliphatic heterocycles. The number of nitrogens with one attached hydrogen (secondary N) is 1. The highest BCUT2D eigenvalue weighted by molar-refractivity contribution is 7.89. The highest BCUT2D eigenvalue weighted by Crippen LogP contribution is 2.29. The van der Waals surface area contributed by atoms with Crippen LogP contribution in [-0.4, -0.2) is 46.4 Å². The highest BCUT2D eigenvalue weighted by atomic mass is 32.2. The molecule has 0 saturated carbocycles. The molecule has 0 fully saturated rings. The zero-order chi connectivity index (χ0) is 21.8. The van der Waals surface area contributed by atoms with Crippen LogP contribution >= 0.6 is 0 Å². The van der Waals surface area contributed by atoms with Gasteiger partial charge in [-0.05, 0) is 48.2 Å². The number of aryl methyl sites for hydroxylation is 1. The first-order valence-corrected chi connectivity index (χ1v) is 10.6. The summed E-state index contributed by atoms with van der Waals surface area (Å²) in [6, 6.07) is 10.2. The maximum absolute atomic E-state index is 12.4. The molecule has 1 N–H and O–H groups in total. The van der Waals surface area contributed by atoms with Crippen molar-refractivity contribution in [2.45, 2.75) is 31.6 Å². The van der Waals surface area contributed by atoms with E-state index in [2.05, 4.69) is 19.2 Å². The minimum Gasteiger partial charge on any atom is -0.495 e. The minimum absolute atomic E-state index is 0.0556. The van der Waals surface area contributed by atoms with E-state index in [0.717, 1.165) is 15.4 Å². The van der Waals surface area contributed by atoms with Crippen LogP contribution in [-0.2, 0) is 14.8 Å². The second-order valence-electron chi connectivity index (χ2n) is 7.17. The van der Waals surface area contributed by atoms with E-state index in [0.29, 0.717) is 17.4 Å². The molecule has 1 amide bonds. The van der Waals surface area contributed by atoms with Gasteiger partial charge in [0.25, 0.3) is 5.91 Å². The Bertz CT molecular complexity index is 985. The van der Waals surface area contributed by atoms with E-state index < -0.39 is 15.9 Å². The van der Waals surface area contributed by atoms with Gasteiger partial charge < -0.3 is 14.8 Å². The highest BCUT2D eigenvalue weighted by Gasteiger charge is 2.20. The summed E-state index contributed by atoms with van der Waals surface area (Å²) in [5.41, 5.74) is 2.31. The van der Waals surface area contributed by atoms with Gasteiger partial charge in [0, 0.05) is 14.1 Å².